The van der Waals surface area contributed by atoms with Crippen LogP contribution in [0.3, 0.4) is 0 Å². The lowest BCUT2D eigenvalue weighted by Gasteiger charge is -2.25. The summed E-state index contributed by atoms with van der Waals surface area (Å²) < 4.78 is 34.2. The molecule has 0 bridgehead atoms. The van der Waals surface area contributed by atoms with E-state index in [9.17, 15) is 8.78 Å². The van der Waals surface area contributed by atoms with Crippen LogP contribution in [0.15, 0.2) is 40.9 Å². The molecule has 0 radical (unpaired) electrons. The predicted octanol–water partition coefficient (Wildman–Crippen LogP) is 12.9. The molecule has 0 saturated heterocycles. The second kappa shape index (κ2) is 33.0. The van der Waals surface area contributed by atoms with Crippen molar-refractivity contribution in [2.24, 2.45) is 16.8 Å². The van der Waals surface area contributed by atoms with Crippen LogP contribution in [0, 0.1) is 18.8 Å². The molecule has 6 heteroatoms. The van der Waals surface area contributed by atoms with Crippen molar-refractivity contribution in [1.82, 2.24) is 4.90 Å². The van der Waals surface area contributed by atoms with Gasteiger partial charge in [-0.1, -0.05) is 118 Å². The van der Waals surface area contributed by atoms with E-state index in [1.807, 2.05) is 14.0 Å². The molecule has 272 valence electrons. The number of unbranched alkanes of at least 4 members (excludes halogenated alkanes) is 3. The van der Waals surface area contributed by atoms with Crippen molar-refractivity contribution in [1.29, 1.82) is 0 Å². The molecule has 4 nitrogen and oxygen atoms in total. The van der Waals surface area contributed by atoms with Crippen molar-refractivity contribution in [2.75, 3.05) is 33.4 Å². The number of nitrogens with zero attached hydrogens (tertiary/aromatic N) is 2. The van der Waals surface area contributed by atoms with E-state index in [4.69, 9.17) is 4.74 Å². The third kappa shape index (κ3) is 32.0. The average Bonchev–Trinajstić information content (AvgIpc) is 3.03. The molecule has 0 spiro atoms. The van der Waals surface area contributed by atoms with Gasteiger partial charge in [-0.15, -0.1) is 0 Å². The molecule has 0 aliphatic heterocycles. The molecule has 0 aliphatic rings. The van der Waals surface area contributed by atoms with Gasteiger partial charge in [0.2, 0.25) is 0 Å². The summed E-state index contributed by atoms with van der Waals surface area (Å²) in [5, 5.41) is 0. The number of ether oxygens (including phenoxy) is 2. The zero-order chi connectivity index (χ0) is 35.8. The summed E-state index contributed by atoms with van der Waals surface area (Å²) in [6.45, 7) is 29.1. The van der Waals surface area contributed by atoms with Crippen molar-refractivity contribution < 1.29 is 18.3 Å². The maximum absolute atomic E-state index is 12.3. The van der Waals surface area contributed by atoms with Crippen LogP contribution in [0.5, 0.6) is 5.75 Å². The van der Waals surface area contributed by atoms with Crippen LogP contribution >= 0.6 is 0 Å². The highest BCUT2D eigenvalue weighted by Crippen LogP contribution is 2.20. The summed E-state index contributed by atoms with van der Waals surface area (Å²) in [6.07, 6.45) is 13.1. The molecule has 1 aromatic carbocycles. The highest BCUT2D eigenvalue weighted by molar-refractivity contribution is 5.93. The Balaban J connectivity index is -0.000000619. The Labute approximate surface area is 285 Å². The number of alkyl halides is 2. The first-order chi connectivity index (χ1) is 21.8. The molecule has 1 rings (SSSR count). The van der Waals surface area contributed by atoms with E-state index in [1.165, 1.54) is 87.7 Å². The smallest absolute Gasteiger partial charge is 0.394 e. The van der Waals surface area contributed by atoms with Crippen molar-refractivity contribution in [3.63, 3.8) is 0 Å². The monoisotopic (exact) mass is 655 g/mol. The van der Waals surface area contributed by atoms with Crippen LogP contribution in [0.4, 0.5) is 8.78 Å². The van der Waals surface area contributed by atoms with E-state index < -0.39 is 6.11 Å². The molecular formula is C40H76F2N2O2. The molecular weight excluding hydrogens is 578 g/mol. The van der Waals surface area contributed by atoms with Gasteiger partial charge in [0.05, 0.1) is 0 Å². The van der Waals surface area contributed by atoms with Crippen molar-refractivity contribution in [3.05, 3.63) is 41.5 Å². The topological polar surface area (TPSA) is 34.1 Å². The third-order valence-corrected chi connectivity index (χ3v) is 7.67. The first-order valence-electron chi connectivity index (χ1n) is 18.4. The van der Waals surface area contributed by atoms with Gasteiger partial charge in [0.15, 0.2) is 0 Å². The zero-order valence-corrected chi connectivity index (χ0v) is 32.6. The fourth-order valence-corrected chi connectivity index (χ4v) is 3.92. The Morgan fingerprint density at radius 2 is 1.43 bits per heavy atom. The van der Waals surface area contributed by atoms with Gasteiger partial charge < -0.3 is 14.4 Å². The van der Waals surface area contributed by atoms with Gasteiger partial charge >= 0.3 is 6.11 Å². The SMILES string of the molecule is CCCC.CCCCCOCCC.CCCN(CCCC(C)CC)C(/C=C(/C)C(C)CC)=NC.Cc1ccc(OC(C)(F)F)cc1. The lowest BCUT2D eigenvalue weighted by molar-refractivity contribution is -0.158. The molecule has 2 atom stereocenters. The Bertz CT molecular complexity index is 827. The second-order valence-electron chi connectivity index (χ2n) is 12.5. The number of aliphatic imine (C=N–C) groups is 1. The van der Waals surface area contributed by atoms with Gasteiger partial charge in [-0.05, 0) is 82.4 Å². The largest absolute Gasteiger partial charge is 0.433 e. The standard InChI is InChI=1S/C19H38N2.C9H10F2O.C8H18O.C4H10/c1-8-13-21(14-11-12-16(4)9-2)19(20-7)15-18(6)17(5)10-3;1-7-3-5-8(6-4-7)12-9(2,10)11;1-3-5-6-8-9-7-4-2;1-3-4-2/h15-17H,8-14H2,1-7H3;3-6H,1-2H3;3-8H2,1-2H3;3-4H2,1-2H3/b18-15-,20-19?;;;. The van der Waals surface area contributed by atoms with Crippen molar-refractivity contribution in [2.45, 2.75) is 160 Å². The average molecular weight is 655 g/mol. The fraction of sp³-hybridized carbons (Fsp3) is 0.775. The van der Waals surface area contributed by atoms with Gasteiger partial charge in [-0.3, -0.25) is 4.99 Å². The van der Waals surface area contributed by atoms with Crippen molar-refractivity contribution in [3.8, 4) is 5.75 Å². The maximum atomic E-state index is 12.3. The first-order valence-corrected chi connectivity index (χ1v) is 18.4. The van der Waals surface area contributed by atoms with Crippen LogP contribution in [0.25, 0.3) is 0 Å². The Hall–Kier alpha value is -1.95. The van der Waals surface area contributed by atoms with Gasteiger partial charge in [0, 0.05) is 40.3 Å². The lowest BCUT2D eigenvalue weighted by atomic mass is 9.99. The highest BCUT2D eigenvalue weighted by atomic mass is 19.3. The quantitative estimate of drug-likeness (QED) is 0.0845. The minimum atomic E-state index is -3.10. The number of hydrogen-bond acceptors (Lipinski definition) is 3. The molecule has 0 heterocycles. The molecule has 0 aromatic heterocycles. The maximum Gasteiger partial charge on any atom is 0.394 e. The van der Waals surface area contributed by atoms with Crippen LogP contribution in [-0.2, 0) is 4.74 Å². The first kappa shape index (κ1) is 48.4. The van der Waals surface area contributed by atoms with Crippen molar-refractivity contribution >= 4 is 5.84 Å². The highest BCUT2D eigenvalue weighted by Gasteiger charge is 2.22. The van der Waals surface area contributed by atoms with E-state index in [0.717, 1.165) is 44.2 Å². The van der Waals surface area contributed by atoms with Crippen LogP contribution in [0.2, 0.25) is 0 Å². The number of amidine groups is 1. The summed E-state index contributed by atoms with van der Waals surface area (Å²) >= 11 is 0. The number of benzene rings is 1. The van der Waals surface area contributed by atoms with Gasteiger partial charge in [0.1, 0.15) is 11.6 Å². The summed E-state index contributed by atoms with van der Waals surface area (Å²) in [4.78, 5) is 7.01. The van der Waals surface area contributed by atoms with E-state index in [0.29, 0.717) is 12.8 Å². The predicted molar refractivity (Wildman–Crippen MR) is 201 cm³/mol. The molecule has 1 aromatic rings. The van der Waals surface area contributed by atoms with E-state index in [2.05, 4.69) is 89.9 Å². The van der Waals surface area contributed by atoms with E-state index in [1.54, 1.807) is 12.1 Å². The normalized spacial score (nSPS) is 12.8. The number of aryl methyl sites for hydroxylation is 1. The Morgan fingerprint density at radius 3 is 1.87 bits per heavy atom. The second-order valence-corrected chi connectivity index (χ2v) is 12.5. The van der Waals surface area contributed by atoms with Gasteiger partial charge in [-0.2, -0.15) is 8.78 Å². The number of rotatable bonds is 19. The van der Waals surface area contributed by atoms with Crippen LogP contribution in [0.1, 0.15) is 152 Å². The molecule has 0 saturated carbocycles. The minimum absolute atomic E-state index is 0.188. The summed E-state index contributed by atoms with van der Waals surface area (Å²) in [6, 6.07) is 6.49. The Morgan fingerprint density at radius 1 is 0.826 bits per heavy atom. The zero-order valence-electron chi connectivity index (χ0n) is 32.6. The van der Waals surface area contributed by atoms with Crippen LogP contribution < -0.4 is 4.74 Å². The third-order valence-electron chi connectivity index (χ3n) is 7.67. The molecule has 0 fully saturated rings. The lowest BCUT2D eigenvalue weighted by Crippen LogP contribution is -2.32. The number of hydrogen-bond donors (Lipinski definition) is 0. The molecule has 0 amide bonds. The minimum Gasteiger partial charge on any atom is -0.433 e. The summed E-state index contributed by atoms with van der Waals surface area (Å²) in [5.41, 5.74) is 2.46. The summed E-state index contributed by atoms with van der Waals surface area (Å²) in [7, 11) is 1.92. The molecule has 46 heavy (non-hydrogen) atoms. The Kier molecular flexibility index (Phi) is 34.7. The number of allylic oxidation sites excluding steroid dienone is 1. The fourth-order valence-electron chi connectivity index (χ4n) is 3.92. The van der Waals surface area contributed by atoms with E-state index >= 15 is 0 Å². The summed E-state index contributed by atoms with van der Waals surface area (Å²) in [5.74, 6) is 2.84. The van der Waals surface area contributed by atoms with E-state index in [-0.39, 0.29) is 5.75 Å². The van der Waals surface area contributed by atoms with Gasteiger partial charge in [0.25, 0.3) is 0 Å². The molecule has 0 aliphatic carbocycles. The molecule has 2 unspecified atom stereocenters. The van der Waals surface area contributed by atoms with Crippen LogP contribution in [-0.4, -0.2) is 50.2 Å². The molecule has 0 N–H and O–H groups in total. The number of halogens is 2. The van der Waals surface area contributed by atoms with Gasteiger partial charge in [-0.25, -0.2) is 0 Å².